The number of aromatic amines is 1. The molecule has 6 rings (SSSR count). The third kappa shape index (κ3) is 6.28. The molecule has 0 aliphatic carbocycles. The van der Waals surface area contributed by atoms with Crippen molar-refractivity contribution in [3.63, 3.8) is 0 Å². The molecular formula is C30H18ClF8N3O5. The Labute approximate surface area is 262 Å². The quantitative estimate of drug-likeness (QED) is 0.200. The highest BCUT2D eigenvalue weighted by Crippen LogP contribution is 2.47. The Bertz CT molecular complexity index is 2040. The summed E-state index contributed by atoms with van der Waals surface area (Å²) in [7, 11) is 0. The maximum absolute atomic E-state index is 14.4. The maximum atomic E-state index is 14.4. The SMILES string of the molecule is CC(F)(F)CN1C(=O)C2=C(C(c3cccc4[nH]c(=O)oc34)=NC2)C1c1ccc(Oc2ccc(OC(F)(F)F)c(Cl)c2)c(C(F)(F)F)c1. The summed E-state index contributed by atoms with van der Waals surface area (Å²) in [6.07, 6.45) is -10.2. The zero-order chi connectivity index (χ0) is 34.1. The molecule has 0 saturated carbocycles. The Morgan fingerprint density at radius 1 is 1.00 bits per heavy atom. The van der Waals surface area contributed by atoms with Crippen LogP contribution < -0.4 is 15.2 Å². The Kier molecular flexibility index (Phi) is 7.61. The van der Waals surface area contributed by atoms with Crippen LogP contribution in [0.1, 0.15) is 29.7 Å². The average molecular weight is 688 g/mol. The van der Waals surface area contributed by atoms with Crippen molar-refractivity contribution in [3.8, 4) is 17.2 Å². The van der Waals surface area contributed by atoms with Crippen LogP contribution in [0.3, 0.4) is 0 Å². The first-order valence-corrected chi connectivity index (χ1v) is 13.8. The minimum absolute atomic E-state index is 0.0196. The first-order chi connectivity index (χ1) is 21.9. The van der Waals surface area contributed by atoms with Gasteiger partial charge in [-0.2, -0.15) is 13.2 Å². The van der Waals surface area contributed by atoms with E-state index in [1.807, 2.05) is 0 Å². The van der Waals surface area contributed by atoms with Crippen molar-refractivity contribution in [2.75, 3.05) is 13.1 Å². The van der Waals surface area contributed by atoms with Crippen molar-refractivity contribution in [2.45, 2.75) is 31.4 Å². The first kappa shape index (κ1) is 32.1. The van der Waals surface area contributed by atoms with Crippen molar-refractivity contribution in [1.82, 2.24) is 9.88 Å². The summed E-state index contributed by atoms with van der Waals surface area (Å²) in [5, 5.41) is -0.605. The second-order valence-electron chi connectivity index (χ2n) is 10.7. The van der Waals surface area contributed by atoms with Crippen molar-refractivity contribution in [1.29, 1.82) is 0 Å². The van der Waals surface area contributed by atoms with Crippen LogP contribution in [-0.2, 0) is 11.0 Å². The van der Waals surface area contributed by atoms with Crippen LogP contribution in [0.25, 0.3) is 11.1 Å². The van der Waals surface area contributed by atoms with Crippen LogP contribution >= 0.6 is 11.6 Å². The highest BCUT2D eigenvalue weighted by atomic mass is 35.5. The van der Waals surface area contributed by atoms with Crippen molar-refractivity contribution < 1.29 is 53.8 Å². The van der Waals surface area contributed by atoms with Crippen LogP contribution in [0, 0.1) is 0 Å². The molecule has 3 aromatic carbocycles. The molecule has 2 aliphatic rings. The summed E-state index contributed by atoms with van der Waals surface area (Å²) in [5.74, 6) is -7.10. The molecule has 8 nitrogen and oxygen atoms in total. The molecular weight excluding hydrogens is 670 g/mol. The summed E-state index contributed by atoms with van der Waals surface area (Å²) in [5.41, 5.74) is -0.990. The fourth-order valence-electron chi connectivity index (χ4n) is 5.50. The summed E-state index contributed by atoms with van der Waals surface area (Å²) >= 11 is 5.81. The molecule has 0 bridgehead atoms. The highest BCUT2D eigenvalue weighted by Gasteiger charge is 2.48. The molecule has 1 amide bonds. The number of halogens is 9. The standard InChI is InChI=1S/C30H18ClF8N3O5/c1-28(32,33)12-42-24(22-16(26(42)43)11-40-23(22)15-3-2-4-19-25(15)46-27(44)41-19)13-5-7-20(17(9-13)29(34,35)36)45-14-6-8-21(18(31)10-14)47-30(37,38)39/h2-10,24H,11-12H2,1H3,(H,41,44). The number of hydrogen-bond acceptors (Lipinski definition) is 6. The van der Waals surface area contributed by atoms with Gasteiger partial charge in [-0.25, -0.2) is 13.6 Å². The number of nitrogens with zero attached hydrogens (tertiary/aromatic N) is 2. The number of fused-ring (bicyclic) bond motifs is 1. The van der Waals surface area contributed by atoms with E-state index in [1.54, 1.807) is 0 Å². The van der Waals surface area contributed by atoms with E-state index in [0.29, 0.717) is 13.0 Å². The van der Waals surface area contributed by atoms with E-state index in [2.05, 4.69) is 14.7 Å². The normalized spacial score (nSPS) is 17.1. The third-order valence-corrected chi connectivity index (χ3v) is 7.51. The van der Waals surface area contributed by atoms with Gasteiger partial charge >= 0.3 is 18.3 Å². The fourth-order valence-corrected chi connectivity index (χ4v) is 5.71. The minimum Gasteiger partial charge on any atom is -0.457 e. The molecule has 1 atom stereocenters. The number of benzene rings is 3. The summed E-state index contributed by atoms with van der Waals surface area (Å²) in [6, 6.07) is 8.19. The van der Waals surface area contributed by atoms with E-state index in [0.717, 1.165) is 35.2 Å². The van der Waals surface area contributed by atoms with Gasteiger partial charge in [-0.15, -0.1) is 13.2 Å². The molecule has 4 aromatic rings. The molecule has 1 unspecified atom stereocenters. The van der Waals surface area contributed by atoms with E-state index in [4.69, 9.17) is 20.8 Å². The number of nitrogens with one attached hydrogen (secondary N) is 1. The average Bonchev–Trinajstić information content (AvgIpc) is 3.62. The molecule has 0 fully saturated rings. The number of carbonyl (C=O) groups is 1. The fraction of sp³-hybridized carbons (Fsp3) is 0.233. The summed E-state index contributed by atoms with van der Waals surface area (Å²) in [4.78, 5) is 33.0. The predicted molar refractivity (Wildman–Crippen MR) is 150 cm³/mol. The van der Waals surface area contributed by atoms with E-state index >= 15 is 0 Å². The number of hydrogen-bond donors (Lipinski definition) is 1. The number of H-pyrrole nitrogens is 1. The number of para-hydroxylation sites is 1. The van der Waals surface area contributed by atoms with Crippen LogP contribution in [0.5, 0.6) is 17.2 Å². The zero-order valence-corrected chi connectivity index (χ0v) is 24.3. The number of aliphatic imine (C=N–C) groups is 1. The van der Waals surface area contributed by atoms with Crippen molar-refractivity contribution in [3.05, 3.63) is 98.0 Å². The van der Waals surface area contributed by atoms with Gasteiger partial charge in [0.25, 0.3) is 11.8 Å². The topological polar surface area (TPSA) is 97.1 Å². The Morgan fingerprint density at radius 2 is 1.72 bits per heavy atom. The lowest BCUT2D eigenvalue weighted by Crippen LogP contribution is -2.40. The van der Waals surface area contributed by atoms with Gasteiger partial charge in [0.2, 0.25) is 0 Å². The van der Waals surface area contributed by atoms with E-state index in [-0.39, 0.29) is 51.4 Å². The van der Waals surface area contributed by atoms with Gasteiger partial charge in [0.1, 0.15) is 17.2 Å². The lowest BCUT2D eigenvalue weighted by molar-refractivity contribution is -0.274. The molecule has 1 N–H and O–H groups in total. The molecule has 0 spiro atoms. The van der Waals surface area contributed by atoms with Crippen molar-refractivity contribution in [2.24, 2.45) is 4.99 Å². The lowest BCUT2D eigenvalue weighted by Gasteiger charge is -2.31. The van der Waals surface area contributed by atoms with Crippen LogP contribution in [-0.4, -0.2) is 46.9 Å². The van der Waals surface area contributed by atoms with Crippen molar-refractivity contribution >= 4 is 34.3 Å². The van der Waals surface area contributed by atoms with Gasteiger partial charge in [-0.05, 0) is 42.0 Å². The Morgan fingerprint density at radius 3 is 2.38 bits per heavy atom. The molecule has 0 saturated heterocycles. The van der Waals surface area contributed by atoms with E-state index in [1.165, 1.54) is 18.2 Å². The second-order valence-corrected chi connectivity index (χ2v) is 11.1. The summed E-state index contributed by atoms with van der Waals surface area (Å²) < 4.78 is 124. The van der Waals surface area contributed by atoms with Gasteiger partial charge in [-0.3, -0.25) is 14.8 Å². The number of rotatable bonds is 7. The monoisotopic (exact) mass is 687 g/mol. The van der Waals surface area contributed by atoms with Crippen LogP contribution in [0.2, 0.25) is 5.02 Å². The first-order valence-electron chi connectivity index (χ1n) is 13.4. The van der Waals surface area contributed by atoms with Crippen LogP contribution in [0.4, 0.5) is 35.1 Å². The predicted octanol–water partition coefficient (Wildman–Crippen LogP) is 7.82. The van der Waals surface area contributed by atoms with E-state index < -0.39 is 64.8 Å². The molecule has 0 radical (unpaired) electrons. The Hall–Kier alpha value is -4.86. The van der Waals surface area contributed by atoms with Crippen LogP contribution in [0.15, 0.2) is 79.9 Å². The minimum atomic E-state index is -5.10. The summed E-state index contributed by atoms with van der Waals surface area (Å²) in [6.45, 7) is -0.858. The zero-order valence-electron chi connectivity index (χ0n) is 23.5. The van der Waals surface area contributed by atoms with Gasteiger partial charge in [0.15, 0.2) is 5.58 Å². The maximum Gasteiger partial charge on any atom is 0.573 e. The number of alkyl halides is 8. The third-order valence-electron chi connectivity index (χ3n) is 7.21. The van der Waals surface area contributed by atoms with Gasteiger partial charge < -0.3 is 18.8 Å². The number of aromatic nitrogens is 1. The number of amides is 1. The largest absolute Gasteiger partial charge is 0.573 e. The van der Waals surface area contributed by atoms with Gasteiger partial charge in [0, 0.05) is 29.7 Å². The molecule has 3 heterocycles. The molecule has 1 aromatic heterocycles. The molecule has 246 valence electrons. The number of carbonyl (C=O) groups excluding carboxylic acids is 1. The number of ether oxygens (including phenoxy) is 2. The smallest absolute Gasteiger partial charge is 0.457 e. The molecule has 47 heavy (non-hydrogen) atoms. The second kappa shape index (κ2) is 11.1. The highest BCUT2D eigenvalue weighted by molar-refractivity contribution is 6.32. The molecule has 2 aliphatic heterocycles. The lowest BCUT2D eigenvalue weighted by atomic mass is 9.90. The van der Waals surface area contributed by atoms with E-state index in [9.17, 15) is 44.7 Å². The van der Waals surface area contributed by atoms with Gasteiger partial charge in [0.05, 0.1) is 40.9 Å². The van der Waals surface area contributed by atoms with Gasteiger partial charge in [-0.1, -0.05) is 23.7 Å². The number of oxazole rings is 1. The Balaban J connectivity index is 1.44. The molecule has 17 heteroatoms.